The number of rotatable bonds is 5. The maximum Gasteiger partial charge on any atom is 0.232 e. The zero-order valence-corrected chi connectivity index (χ0v) is 16.2. The van der Waals surface area contributed by atoms with E-state index in [1.165, 1.54) is 5.56 Å². The fraction of sp³-hybridized carbons (Fsp3) is 0.333. The highest BCUT2D eigenvalue weighted by molar-refractivity contribution is 6.30. The highest BCUT2D eigenvalue weighted by atomic mass is 35.5. The molecule has 27 heavy (non-hydrogen) atoms. The molecule has 0 radical (unpaired) electrons. The molecule has 1 N–H and O–H groups in total. The van der Waals surface area contributed by atoms with Gasteiger partial charge in [0.2, 0.25) is 11.8 Å². The summed E-state index contributed by atoms with van der Waals surface area (Å²) in [6, 6.07) is 15.7. The lowest BCUT2D eigenvalue weighted by Gasteiger charge is -2.36. The lowest BCUT2D eigenvalue weighted by molar-refractivity contribution is -0.136. The normalized spacial score (nSPS) is 14.1. The highest BCUT2D eigenvalue weighted by Gasteiger charge is 2.23. The Morgan fingerprint density at radius 3 is 2.41 bits per heavy atom. The third kappa shape index (κ3) is 5.47. The molecule has 1 heterocycles. The van der Waals surface area contributed by atoms with Crippen LogP contribution in [0.5, 0.6) is 0 Å². The summed E-state index contributed by atoms with van der Waals surface area (Å²) in [7, 11) is 0. The number of nitrogens with zero attached hydrogens (tertiary/aromatic N) is 2. The minimum atomic E-state index is -0.238. The number of hydrogen-bond donors (Lipinski definition) is 1. The van der Waals surface area contributed by atoms with Crippen LogP contribution in [-0.2, 0) is 16.1 Å². The second-order valence-electron chi connectivity index (χ2n) is 6.79. The minimum absolute atomic E-state index is 0.108. The first kappa shape index (κ1) is 19.2. The third-order valence-corrected chi connectivity index (χ3v) is 4.96. The number of halogens is 1. The number of carbonyl (C=O) groups is 2. The van der Waals surface area contributed by atoms with E-state index in [4.69, 9.17) is 11.6 Å². The van der Waals surface area contributed by atoms with E-state index in [0.717, 1.165) is 24.3 Å². The summed E-state index contributed by atoms with van der Waals surface area (Å²) in [5, 5.41) is 3.52. The standard InChI is InChI=1S/C21H24ClN3O2/c1-16-5-7-17(8-6-16)15-23-20(26)14-21(27)25-11-9-24(10-12-25)19-4-2-3-18(22)13-19/h2-8,13H,9-12,14-15H2,1H3,(H,23,26). The summed E-state index contributed by atoms with van der Waals surface area (Å²) >= 11 is 6.05. The van der Waals surface area contributed by atoms with Crippen molar-refractivity contribution >= 4 is 29.1 Å². The van der Waals surface area contributed by atoms with Gasteiger partial charge < -0.3 is 15.1 Å². The number of nitrogens with one attached hydrogen (secondary N) is 1. The van der Waals surface area contributed by atoms with Gasteiger partial charge in [0.25, 0.3) is 0 Å². The van der Waals surface area contributed by atoms with Crippen LogP contribution in [0, 0.1) is 6.92 Å². The van der Waals surface area contributed by atoms with Crippen LogP contribution < -0.4 is 10.2 Å². The largest absolute Gasteiger partial charge is 0.368 e. The summed E-state index contributed by atoms with van der Waals surface area (Å²) in [4.78, 5) is 28.4. The monoisotopic (exact) mass is 385 g/mol. The predicted molar refractivity (Wildman–Crippen MR) is 108 cm³/mol. The second kappa shape index (κ2) is 8.91. The molecule has 0 spiro atoms. The lowest BCUT2D eigenvalue weighted by atomic mass is 10.1. The quantitative estimate of drug-likeness (QED) is 0.805. The number of hydrogen-bond acceptors (Lipinski definition) is 3. The Morgan fingerprint density at radius 1 is 1.04 bits per heavy atom. The van der Waals surface area contributed by atoms with Gasteiger partial charge in [-0.3, -0.25) is 9.59 Å². The average molecular weight is 386 g/mol. The Morgan fingerprint density at radius 2 is 1.74 bits per heavy atom. The molecule has 2 aromatic rings. The maximum atomic E-state index is 12.4. The van der Waals surface area contributed by atoms with E-state index in [9.17, 15) is 9.59 Å². The number of piperazine rings is 1. The minimum Gasteiger partial charge on any atom is -0.368 e. The average Bonchev–Trinajstić information content (AvgIpc) is 2.67. The SMILES string of the molecule is Cc1ccc(CNC(=O)CC(=O)N2CCN(c3cccc(Cl)c3)CC2)cc1. The molecule has 0 unspecified atom stereocenters. The molecule has 3 rings (SSSR count). The Kier molecular flexibility index (Phi) is 6.35. The zero-order valence-electron chi connectivity index (χ0n) is 15.5. The zero-order chi connectivity index (χ0) is 19.2. The van der Waals surface area contributed by atoms with E-state index in [-0.39, 0.29) is 18.2 Å². The van der Waals surface area contributed by atoms with Gasteiger partial charge in [-0.05, 0) is 30.7 Å². The van der Waals surface area contributed by atoms with Crippen LogP contribution in [0.3, 0.4) is 0 Å². The molecule has 1 saturated heterocycles. The number of carbonyl (C=O) groups excluding carboxylic acids is 2. The summed E-state index contributed by atoms with van der Waals surface area (Å²) in [6.07, 6.45) is -0.108. The van der Waals surface area contributed by atoms with Crippen molar-refractivity contribution in [2.75, 3.05) is 31.1 Å². The molecule has 2 aromatic carbocycles. The van der Waals surface area contributed by atoms with Crippen LogP contribution in [0.15, 0.2) is 48.5 Å². The first-order chi connectivity index (χ1) is 13.0. The highest BCUT2D eigenvalue weighted by Crippen LogP contribution is 2.20. The van der Waals surface area contributed by atoms with Crippen molar-refractivity contribution in [3.05, 3.63) is 64.7 Å². The van der Waals surface area contributed by atoms with Crippen molar-refractivity contribution in [3.63, 3.8) is 0 Å². The van der Waals surface area contributed by atoms with Crippen LogP contribution in [0.2, 0.25) is 5.02 Å². The molecule has 1 aliphatic heterocycles. The molecular weight excluding hydrogens is 362 g/mol. The Labute approximate surface area is 164 Å². The molecular formula is C21H24ClN3O2. The maximum absolute atomic E-state index is 12.4. The van der Waals surface area contributed by atoms with Crippen molar-refractivity contribution in [3.8, 4) is 0 Å². The molecule has 0 bridgehead atoms. The molecule has 1 aliphatic rings. The van der Waals surface area contributed by atoms with Crippen molar-refractivity contribution in [2.45, 2.75) is 19.9 Å². The molecule has 1 fully saturated rings. The van der Waals surface area contributed by atoms with Gasteiger partial charge in [-0.25, -0.2) is 0 Å². The molecule has 0 saturated carbocycles. The van der Waals surface area contributed by atoms with Crippen LogP contribution in [0.1, 0.15) is 17.5 Å². The number of benzene rings is 2. The van der Waals surface area contributed by atoms with E-state index in [1.54, 1.807) is 4.90 Å². The van der Waals surface area contributed by atoms with Gasteiger partial charge >= 0.3 is 0 Å². The van der Waals surface area contributed by atoms with E-state index >= 15 is 0 Å². The Bertz CT molecular complexity index is 799. The van der Waals surface area contributed by atoms with Crippen molar-refractivity contribution in [1.82, 2.24) is 10.2 Å². The first-order valence-electron chi connectivity index (χ1n) is 9.12. The molecule has 142 valence electrons. The molecule has 6 heteroatoms. The molecule has 5 nitrogen and oxygen atoms in total. The van der Waals surface area contributed by atoms with Crippen molar-refractivity contribution < 1.29 is 9.59 Å². The van der Waals surface area contributed by atoms with Gasteiger partial charge in [0.1, 0.15) is 6.42 Å². The second-order valence-corrected chi connectivity index (χ2v) is 7.22. The van der Waals surface area contributed by atoms with Gasteiger partial charge in [0.15, 0.2) is 0 Å². The van der Waals surface area contributed by atoms with Crippen LogP contribution in [0.25, 0.3) is 0 Å². The van der Waals surface area contributed by atoms with Gasteiger partial charge in [-0.1, -0.05) is 47.5 Å². The first-order valence-corrected chi connectivity index (χ1v) is 9.49. The molecule has 0 aromatic heterocycles. The summed E-state index contributed by atoms with van der Waals surface area (Å²) in [5.41, 5.74) is 3.26. The summed E-state index contributed by atoms with van der Waals surface area (Å²) in [5.74, 6) is -0.361. The molecule has 0 aliphatic carbocycles. The van der Waals surface area contributed by atoms with E-state index in [2.05, 4.69) is 10.2 Å². The summed E-state index contributed by atoms with van der Waals surface area (Å²) < 4.78 is 0. The lowest BCUT2D eigenvalue weighted by Crippen LogP contribution is -2.49. The number of amides is 2. The van der Waals surface area contributed by atoms with Gasteiger partial charge in [0.05, 0.1) is 0 Å². The number of aryl methyl sites for hydroxylation is 1. The van der Waals surface area contributed by atoms with E-state index < -0.39 is 0 Å². The van der Waals surface area contributed by atoms with Crippen LogP contribution in [-0.4, -0.2) is 42.9 Å². The van der Waals surface area contributed by atoms with Gasteiger partial charge in [0, 0.05) is 43.4 Å². The fourth-order valence-corrected chi connectivity index (χ4v) is 3.29. The van der Waals surface area contributed by atoms with Gasteiger partial charge in [-0.2, -0.15) is 0 Å². The number of anilines is 1. The summed E-state index contributed by atoms with van der Waals surface area (Å²) in [6.45, 7) is 5.14. The van der Waals surface area contributed by atoms with Crippen molar-refractivity contribution in [2.24, 2.45) is 0 Å². The van der Waals surface area contributed by atoms with E-state index in [1.807, 2.05) is 55.5 Å². The molecule has 0 atom stereocenters. The predicted octanol–water partition coefficient (Wildman–Crippen LogP) is 3.00. The topological polar surface area (TPSA) is 52.7 Å². The van der Waals surface area contributed by atoms with Gasteiger partial charge in [-0.15, -0.1) is 0 Å². The van der Waals surface area contributed by atoms with Crippen LogP contribution in [0.4, 0.5) is 5.69 Å². The third-order valence-electron chi connectivity index (χ3n) is 4.73. The van der Waals surface area contributed by atoms with Crippen LogP contribution >= 0.6 is 11.6 Å². The Balaban J connectivity index is 1.43. The Hall–Kier alpha value is -2.53. The van der Waals surface area contributed by atoms with Crippen molar-refractivity contribution in [1.29, 1.82) is 0 Å². The smallest absolute Gasteiger partial charge is 0.232 e. The van der Waals surface area contributed by atoms with E-state index in [0.29, 0.717) is 24.7 Å². The molecule has 2 amide bonds. The fourth-order valence-electron chi connectivity index (χ4n) is 3.11.